The van der Waals surface area contributed by atoms with Crippen molar-refractivity contribution < 1.29 is 9.53 Å². The van der Waals surface area contributed by atoms with Gasteiger partial charge in [-0.15, -0.1) is 0 Å². The Morgan fingerprint density at radius 3 is 2.67 bits per heavy atom. The van der Waals surface area contributed by atoms with Crippen molar-refractivity contribution in [3.63, 3.8) is 0 Å². The molecular weight excluding hydrogens is 414 g/mol. The Kier molecular flexibility index (Phi) is 7.83. The van der Waals surface area contributed by atoms with Crippen LogP contribution in [0.3, 0.4) is 0 Å². The zero-order chi connectivity index (χ0) is 23.0. The topological polar surface area (TPSA) is 69.2 Å². The summed E-state index contributed by atoms with van der Waals surface area (Å²) < 4.78 is 5.52. The second-order valence-corrected chi connectivity index (χ2v) is 8.78. The average molecular weight is 450 g/mol. The lowest BCUT2D eigenvalue weighted by atomic mass is 10.0. The summed E-state index contributed by atoms with van der Waals surface area (Å²) in [6.45, 7) is 6.89. The molecule has 1 amide bonds. The van der Waals surface area contributed by atoms with E-state index in [0.717, 1.165) is 62.8 Å². The van der Waals surface area contributed by atoms with Gasteiger partial charge in [-0.25, -0.2) is 0 Å². The lowest BCUT2D eigenvalue weighted by Crippen LogP contribution is -2.49. The first kappa shape index (κ1) is 23.1. The van der Waals surface area contributed by atoms with E-state index in [1.54, 1.807) is 0 Å². The first-order valence-electron chi connectivity index (χ1n) is 11.9. The number of likely N-dealkylation sites (tertiary alicyclic amines) is 1. The van der Waals surface area contributed by atoms with Gasteiger partial charge in [0.05, 0.1) is 5.69 Å². The number of guanidine groups is 1. The smallest absolute Gasteiger partial charge is 0.265 e. The van der Waals surface area contributed by atoms with E-state index in [2.05, 4.69) is 51.7 Å². The van der Waals surface area contributed by atoms with Gasteiger partial charge in [-0.05, 0) is 49.4 Å². The Morgan fingerprint density at radius 1 is 1.12 bits per heavy atom. The van der Waals surface area contributed by atoms with E-state index < -0.39 is 0 Å². The van der Waals surface area contributed by atoms with Gasteiger partial charge < -0.3 is 20.3 Å². The number of hydrogen-bond donors (Lipinski definition) is 2. The van der Waals surface area contributed by atoms with Crippen molar-refractivity contribution in [2.24, 2.45) is 4.99 Å². The van der Waals surface area contributed by atoms with Crippen molar-refractivity contribution in [2.45, 2.75) is 38.8 Å². The summed E-state index contributed by atoms with van der Waals surface area (Å²) >= 11 is 0. The zero-order valence-corrected chi connectivity index (χ0v) is 19.7. The molecule has 2 aliphatic rings. The minimum absolute atomic E-state index is 0.00802. The number of nitrogens with zero attached hydrogens (tertiary/aromatic N) is 3. The molecule has 0 radical (unpaired) electrons. The van der Waals surface area contributed by atoms with Crippen molar-refractivity contribution in [1.82, 2.24) is 15.5 Å². The molecule has 0 saturated carbocycles. The fourth-order valence-corrected chi connectivity index (χ4v) is 4.49. The van der Waals surface area contributed by atoms with E-state index in [-0.39, 0.29) is 12.5 Å². The monoisotopic (exact) mass is 449 g/mol. The van der Waals surface area contributed by atoms with Gasteiger partial charge in [-0.1, -0.05) is 36.4 Å². The first-order chi connectivity index (χ1) is 16.1. The fourth-order valence-electron chi connectivity index (χ4n) is 4.49. The second kappa shape index (κ2) is 11.2. The van der Waals surface area contributed by atoms with Crippen molar-refractivity contribution in [3.05, 3.63) is 59.7 Å². The predicted molar refractivity (Wildman–Crippen MR) is 133 cm³/mol. The van der Waals surface area contributed by atoms with Gasteiger partial charge in [0, 0.05) is 45.8 Å². The standard InChI is InChI=1S/C26H35N5O2/c1-20-8-3-4-9-21(20)18-30-16-12-22(13-17-30)29-26(27-2)28-14-7-15-31-23-10-5-6-11-24(23)33-19-25(31)32/h3-6,8-11,22H,7,12-19H2,1-2H3,(H2,27,28,29). The first-order valence-corrected chi connectivity index (χ1v) is 11.9. The number of aliphatic imine (C=N–C) groups is 1. The Balaban J connectivity index is 1.18. The van der Waals surface area contributed by atoms with Crippen molar-refractivity contribution >= 4 is 17.6 Å². The number of para-hydroxylation sites is 2. The molecule has 2 aromatic rings. The van der Waals surface area contributed by atoms with Crippen LogP contribution in [0.25, 0.3) is 0 Å². The van der Waals surface area contributed by atoms with Crippen molar-refractivity contribution in [1.29, 1.82) is 0 Å². The second-order valence-electron chi connectivity index (χ2n) is 8.78. The summed E-state index contributed by atoms with van der Waals surface area (Å²) in [6, 6.07) is 16.8. The summed E-state index contributed by atoms with van der Waals surface area (Å²) in [7, 11) is 1.81. The number of anilines is 1. The molecule has 1 saturated heterocycles. The highest BCUT2D eigenvalue weighted by molar-refractivity contribution is 5.97. The number of carbonyl (C=O) groups excluding carboxylic acids is 1. The average Bonchev–Trinajstić information content (AvgIpc) is 2.84. The van der Waals surface area contributed by atoms with E-state index in [0.29, 0.717) is 12.6 Å². The van der Waals surface area contributed by atoms with Gasteiger partial charge in [0.15, 0.2) is 12.6 Å². The summed E-state index contributed by atoms with van der Waals surface area (Å²) in [5, 5.41) is 6.99. The van der Waals surface area contributed by atoms with Crippen molar-refractivity contribution in [2.75, 3.05) is 44.7 Å². The summed E-state index contributed by atoms with van der Waals surface area (Å²) in [6.07, 6.45) is 3.03. The highest BCUT2D eigenvalue weighted by atomic mass is 16.5. The van der Waals surface area contributed by atoms with E-state index in [1.165, 1.54) is 11.1 Å². The fraction of sp³-hybridized carbons (Fsp3) is 0.462. The third-order valence-corrected chi connectivity index (χ3v) is 6.47. The summed E-state index contributed by atoms with van der Waals surface area (Å²) in [4.78, 5) is 21.1. The minimum atomic E-state index is 0.00802. The molecule has 0 aromatic heterocycles. The number of aryl methyl sites for hydroxylation is 1. The maximum atomic E-state index is 12.3. The summed E-state index contributed by atoms with van der Waals surface area (Å²) in [5.41, 5.74) is 3.64. The number of rotatable bonds is 7. The van der Waals surface area contributed by atoms with Crippen LogP contribution in [0.4, 0.5) is 5.69 Å². The van der Waals surface area contributed by atoms with Crippen LogP contribution in [0.15, 0.2) is 53.5 Å². The van der Waals surface area contributed by atoms with E-state index in [1.807, 2.05) is 36.2 Å². The van der Waals surface area contributed by atoms with Crippen LogP contribution >= 0.6 is 0 Å². The van der Waals surface area contributed by atoms with Crippen LogP contribution in [-0.4, -0.2) is 62.6 Å². The number of piperidine rings is 1. The van der Waals surface area contributed by atoms with Gasteiger partial charge in [0.1, 0.15) is 5.75 Å². The molecular formula is C26H35N5O2. The van der Waals surface area contributed by atoms with Gasteiger partial charge in [-0.3, -0.25) is 14.7 Å². The van der Waals surface area contributed by atoms with E-state index >= 15 is 0 Å². The maximum Gasteiger partial charge on any atom is 0.265 e. The predicted octanol–water partition coefficient (Wildman–Crippen LogP) is 2.94. The highest BCUT2D eigenvalue weighted by Gasteiger charge is 2.24. The molecule has 0 aliphatic carbocycles. The number of carbonyl (C=O) groups is 1. The number of fused-ring (bicyclic) bond motifs is 1. The minimum Gasteiger partial charge on any atom is -0.482 e. The number of nitrogens with one attached hydrogen (secondary N) is 2. The van der Waals surface area contributed by atoms with Gasteiger partial charge in [0.2, 0.25) is 0 Å². The molecule has 0 spiro atoms. The molecule has 176 valence electrons. The molecule has 7 nitrogen and oxygen atoms in total. The van der Waals surface area contributed by atoms with Gasteiger partial charge in [-0.2, -0.15) is 0 Å². The van der Waals surface area contributed by atoms with Crippen LogP contribution in [0.5, 0.6) is 5.75 Å². The Morgan fingerprint density at radius 2 is 1.88 bits per heavy atom. The lowest BCUT2D eigenvalue weighted by Gasteiger charge is -2.33. The third kappa shape index (κ3) is 6.05. The lowest BCUT2D eigenvalue weighted by molar-refractivity contribution is -0.121. The maximum absolute atomic E-state index is 12.3. The van der Waals surface area contributed by atoms with Crippen molar-refractivity contribution in [3.8, 4) is 5.75 Å². The Bertz CT molecular complexity index is 969. The molecule has 2 aliphatic heterocycles. The van der Waals surface area contributed by atoms with Crippen LogP contribution in [-0.2, 0) is 11.3 Å². The number of hydrogen-bond acceptors (Lipinski definition) is 4. The zero-order valence-electron chi connectivity index (χ0n) is 19.7. The molecule has 2 N–H and O–H groups in total. The van der Waals surface area contributed by atoms with Gasteiger partial charge in [0.25, 0.3) is 5.91 Å². The van der Waals surface area contributed by atoms with Crippen LogP contribution in [0.2, 0.25) is 0 Å². The molecule has 7 heteroatoms. The molecule has 0 bridgehead atoms. The molecule has 2 aromatic carbocycles. The molecule has 1 fully saturated rings. The molecule has 0 unspecified atom stereocenters. The Hall–Kier alpha value is -3.06. The molecule has 2 heterocycles. The number of amides is 1. The number of ether oxygens (including phenoxy) is 1. The third-order valence-electron chi connectivity index (χ3n) is 6.47. The van der Waals surface area contributed by atoms with Crippen LogP contribution < -0.4 is 20.3 Å². The highest BCUT2D eigenvalue weighted by Crippen LogP contribution is 2.31. The molecule has 4 rings (SSSR count). The normalized spacial score (nSPS) is 17.5. The largest absolute Gasteiger partial charge is 0.482 e. The number of benzene rings is 2. The van der Waals surface area contributed by atoms with Gasteiger partial charge >= 0.3 is 0 Å². The Labute approximate surface area is 196 Å². The molecule has 0 atom stereocenters. The quantitative estimate of drug-likeness (QED) is 0.386. The van der Waals surface area contributed by atoms with E-state index in [9.17, 15) is 4.79 Å². The molecule has 33 heavy (non-hydrogen) atoms. The van der Waals surface area contributed by atoms with E-state index in [4.69, 9.17) is 4.74 Å². The summed E-state index contributed by atoms with van der Waals surface area (Å²) in [5.74, 6) is 1.62. The van der Waals surface area contributed by atoms with Crippen LogP contribution in [0.1, 0.15) is 30.4 Å². The van der Waals surface area contributed by atoms with Crippen LogP contribution in [0, 0.1) is 6.92 Å². The SMILES string of the molecule is CN=C(NCCCN1C(=O)COc2ccccc21)NC1CCN(Cc2ccccc2C)CC1.